The highest BCUT2D eigenvalue weighted by Crippen LogP contribution is 2.33. The number of rotatable bonds is 14. The molecule has 14 heteroatoms. The minimum absolute atomic E-state index is 0.00926. The zero-order chi connectivity index (χ0) is 25.4. The molecule has 0 saturated heterocycles. The van der Waals surface area contributed by atoms with E-state index in [0.29, 0.717) is 32.4 Å². The Labute approximate surface area is 210 Å². The first-order chi connectivity index (χ1) is 16.0. The lowest BCUT2D eigenvalue weighted by Gasteiger charge is -2.11. The molecule has 0 aromatic heterocycles. The summed E-state index contributed by atoms with van der Waals surface area (Å²) in [4.78, 5) is 1.07. The fourth-order valence-electron chi connectivity index (χ4n) is 2.84. The second-order valence-electron chi connectivity index (χ2n) is 6.53. The summed E-state index contributed by atoms with van der Waals surface area (Å²) < 4.78 is 81.4. The second kappa shape index (κ2) is 13.3. The summed E-state index contributed by atoms with van der Waals surface area (Å²) in [6.07, 6.45) is 0. The van der Waals surface area contributed by atoms with Gasteiger partial charge in [0, 0.05) is 14.4 Å². The standard InChI is InChI=1S/C20H26O9PS4/c1-5-31-17-11-7-9-15(3)19(17)33(22,23)28-13-26-30(21)27-14-29-34(24,25)20-16(4)10-8-12-18(20)32-6-2/h7-12H,5-6,13-14H2,1-4H3/q+1. The number of hydrogen-bond donors (Lipinski definition) is 0. The van der Waals surface area contributed by atoms with Gasteiger partial charge in [0.2, 0.25) is 13.6 Å². The molecule has 9 nitrogen and oxygen atoms in total. The molecule has 2 aromatic carbocycles. The van der Waals surface area contributed by atoms with Gasteiger partial charge in [0.15, 0.2) is 0 Å². The first-order valence-electron chi connectivity index (χ1n) is 10.00. The Morgan fingerprint density at radius 2 is 1.12 bits per heavy atom. The topological polar surface area (TPSA) is 122 Å². The Balaban J connectivity index is 1.93. The highest BCUT2D eigenvalue weighted by molar-refractivity contribution is 8.00. The van der Waals surface area contributed by atoms with Crippen molar-refractivity contribution in [1.29, 1.82) is 0 Å². The zero-order valence-electron chi connectivity index (χ0n) is 19.0. The minimum Gasteiger partial charge on any atom is -0.232 e. The van der Waals surface area contributed by atoms with E-state index < -0.39 is 42.1 Å². The van der Waals surface area contributed by atoms with Crippen molar-refractivity contribution in [3.8, 4) is 0 Å². The van der Waals surface area contributed by atoms with Crippen molar-refractivity contribution in [1.82, 2.24) is 0 Å². The van der Waals surface area contributed by atoms with Gasteiger partial charge >= 0.3 is 28.5 Å². The van der Waals surface area contributed by atoms with Gasteiger partial charge < -0.3 is 0 Å². The Bertz CT molecular complexity index is 1120. The highest BCUT2D eigenvalue weighted by atomic mass is 32.2. The van der Waals surface area contributed by atoms with Crippen LogP contribution in [0.4, 0.5) is 0 Å². The van der Waals surface area contributed by atoms with Gasteiger partial charge in [-0.1, -0.05) is 47.2 Å². The maximum atomic E-state index is 12.6. The molecule has 0 fully saturated rings. The molecule has 0 spiro atoms. The quantitative estimate of drug-likeness (QED) is 0.128. The third-order valence-electron chi connectivity index (χ3n) is 4.17. The monoisotopic (exact) mass is 569 g/mol. The Hall–Kier alpha value is -1.02. The summed E-state index contributed by atoms with van der Waals surface area (Å²) >= 11 is 2.68. The van der Waals surface area contributed by atoms with Crippen molar-refractivity contribution in [2.24, 2.45) is 0 Å². The lowest BCUT2D eigenvalue weighted by molar-refractivity contribution is 0.0752. The molecule has 0 aliphatic heterocycles. The fraction of sp³-hybridized carbons (Fsp3) is 0.400. The van der Waals surface area contributed by atoms with Crippen LogP contribution in [0, 0.1) is 13.8 Å². The van der Waals surface area contributed by atoms with Crippen LogP contribution >= 0.6 is 31.8 Å². The minimum atomic E-state index is -4.19. The van der Waals surface area contributed by atoms with Crippen LogP contribution in [0.3, 0.4) is 0 Å². The predicted octanol–water partition coefficient (Wildman–Crippen LogP) is 5.24. The van der Waals surface area contributed by atoms with Gasteiger partial charge in [-0.15, -0.1) is 23.5 Å². The lowest BCUT2D eigenvalue weighted by atomic mass is 10.2. The maximum absolute atomic E-state index is 12.6. The summed E-state index contributed by atoms with van der Waals surface area (Å²) in [5.74, 6) is 1.32. The molecule has 0 radical (unpaired) electrons. The van der Waals surface area contributed by atoms with Crippen LogP contribution in [-0.4, -0.2) is 41.9 Å². The van der Waals surface area contributed by atoms with Crippen molar-refractivity contribution < 1.29 is 38.8 Å². The normalized spacial score (nSPS) is 12.1. The van der Waals surface area contributed by atoms with Crippen LogP contribution in [0.25, 0.3) is 0 Å². The first-order valence-corrected chi connectivity index (χ1v) is 15.9. The van der Waals surface area contributed by atoms with Crippen molar-refractivity contribution in [3.63, 3.8) is 0 Å². The highest BCUT2D eigenvalue weighted by Gasteiger charge is 2.29. The van der Waals surface area contributed by atoms with Crippen LogP contribution < -0.4 is 0 Å². The van der Waals surface area contributed by atoms with Crippen LogP contribution in [0.5, 0.6) is 0 Å². The predicted molar refractivity (Wildman–Crippen MR) is 131 cm³/mol. The van der Waals surface area contributed by atoms with Gasteiger partial charge in [-0.05, 0) is 48.6 Å². The van der Waals surface area contributed by atoms with Crippen LogP contribution in [-0.2, 0) is 42.2 Å². The van der Waals surface area contributed by atoms with Crippen molar-refractivity contribution >= 4 is 52.0 Å². The third kappa shape index (κ3) is 8.00. The largest absolute Gasteiger partial charge is 0.702 e. The smallest absolute Gasteiger partial charge is 0.232 e. The van der Waals surface area contributed by atoms with Crippen molar-refractivity contribution in [2.45, 2.75) is 47.3 Å². The lowest BCUT2D eigenvalue weighted by Crippen LogP contribution is -2.12. The Kier molecular flexibility index (Phi) is 11.5. The van der Waals surface area contributed by atoms with E-state index in [2.05, 4.69) is 0 Å². The summed E-state index contributed by atoms with van der Waals surface area (Å²) in [7, 11) is -11.3. The van der Waals surface area contributed by atoms with E-state index >= 15 is 0 Å². The SMILES string of the molecule is CCSc1cccc(C)c1S(=O)(=O)OCO[P+](=O)OCOS(=O)(=O)c1c(C)cccc1SCC. The van der Waals surface area contributed by atoms with E-state index in [9.17, 15) is 21.4 Å². The summed E-state index contributed by atoms with van der Waals surface area (Å²) in [5.41, 5.74) is 0.990. The van der Waals surface area contributed by atoms with Gasteiger partial charge in [-0.25, -0.2) is 8.37 Å². The molecule has 0 bridgehead atoms. The van der Waals surface area contributed by atoms with Gasteiger partial charge in [0.25, 0.3) is 0 Å². The van der Waals surface area contributed by atoms with E-state index in [4.69, 9.17) is 17.4 Å². The number of benzene rings is 2. The summed E-state index contributed by atoms with van der Waals surface area (Å²) in [6.45, 7) is 5.28. The molecule has 0 heterocycles. The number of aryl methyl sites for hydroxylation is 2. The van der Waals surface area contributed by atoms with Crippen molar-refractivity contribution in [3.05, 3.63) is 47.5 Å². The molecule has 0 aliphatic rings. The molecule has 2 aromatic rings. The van der Waals surface area contributed by atoms with E-state index in [-0.39, 0.29) is 9.79 Å². The summed E-state index contributed by atoms with van der Waals surface area (Å²) in [5, 5.41) is 0. The molecular formula is C20H26O9PS4+. The third-order valence-corrected chi connectivity index (χ3v) is 9.84. The van der Waals surface area contributed by atoms with Crippen LogP contribution in [0.1, 0.15) is 25.0 Å². The van der Waals surface area contributed by atoms with Gasteiger partial charge in [-0.2, -0.15) is 16.8 Å². The maximum Gasteiger partial charge on any atom is 0.702 e. The number of thioether (sulfide) groups is 2. The average Bonchev–Trinajstić information content (AvgIpc) is 2.73. The van der Waals surface area contributed by atoms with Gasteiger partial charge in [-0.3, -0.25) is 0 Å². The van der Waals surface area contributed by atoms with E-state index in [1.807, 2.05) is 13.8 Å². The van der Waals surface area contributed by atoms with Gasteiger partial charge in [0.1, 0.15) is 9.79 Å². The molecule has 0 atom stereocenters. The van der Waals surface area contributed by atoms with E-state index in [1.54, 1.807) is 50.2 Å². The van der Waals surface area contributed by atoms with Crippen LogP contribution in [0.2, 0.25) is 0 Å². The molecule has 0 N–H and O–H groups in total. The zero-order valence-corrected chi connectivity index (χ0v) is 23.2. The molecule has 34 heavy (non-hydrogen) atoms. The average molecular weight is 570 g/mol. The Morgan fingerprint density at radius 1 is 0.735 bits per heavy atom. The molecule has 2 rings (SSSR count). The molecular weight excluding hydrogens is 543 g/mol. The molecule has 188 valence electrons. The van der Waals surface area contributed by atoms with E-state index in [0.717, 1.165) is 0 Å². The Morgan fingerprint density at radius 3 is 1.47 bits per heavy atom. The molecule has 0 aliphatic carbocycles. The fourth-order valence-corrected chi connectivity index (χ4v) is 8.00. The van der Waals surface area contributed by atoms with Gasteiger partial charge in [0.05, 0.1) is 0 Å². The van der Waals surface area contributed by atoms with Crippen LogP contribution in [0.15, 0.2) is 56.0 Å². The van der Waals surface area contributed by atoms with E-state index in [1.165, 1.54) is 23.5 Å². The van der Waals surface area contributed by atoms with Crippen molar-refractivity contribution in [2.75, 3.05) is 25.1 Å². The molecule has 0 saturated carbocycles. The molecule has 0 amide bonds. The first kappa shape index (κ1) is 29.2. The number of hydrogen-bond acceptors (Lipinski definition) is 11. The summed E-state index contributed by atoms with van der Waals surface area (Å²) in [6, 6.07) is 10.1. The second-order valence-corrected chi connectivity index (χ2v) is 13.2. The molecule has 0 unspecified atom stereocenters.